The van der Waals surface area contributed by atoms with Gasteiger partial charge in [0.1, 0.15) is 0 Å². The fourth-order valence-electron chi connectivity index (χ4n) is 3.14. The molecule has 0 bridgehead atoms. The molecule has 1 N–H and O–H groups in total. The van der Waals surface area contributed by atoms with Crippen molar-refractivity contribution < 1.29 is 0 Å². The van der Waals surface area contributed by atoms with Gasteiger partial charge in [-0.05, 0) is 32.2 Å². The van der Waals surface area contributed by atoms with Crippen molar-refractivity contribution in [3.8, 4) is 0 Å². The molecule has 3 rings (SSSR count). The summed E-state index contributed by atoms with van der Waals surface area (Å²) in [6.45, 7) is 6.91. The number of anilines is 1. The number of aromatic amines is 1. The molecule has 0 unspecified atom stereocenters. The molecule has 2 heterocycles. The summed E-state index contributed by atoms with van der Waals surface area (Å²) in [4.78, 5) is 23.1. The van der Waals surface area contributed by atoms with Crippen LogP contribution in [0.2, 0.25) is 0 Å². The van der Waals surface area contributed by atoms with E-state index >= 15 is 0 Å². The molecule has 1 fully saturated rings. The van der Waals surface area contributed by atoms with E-state index in [0.29, 0.717) is 0 Å². The summed E-state index contributed by atoms with van der Waals surface area (Å²) in [5, 5.41) is 0.783. The Hall–Kier alpha value is -1.85. The van der Waals surface area contributed by atoms with Gasteiger partial charge < -0.3 is 14.8 Å². The zero-order chi connectivity index (χ0) is 16.6. The Morgan fingerprint density at radius 2 is 1.87 bits per heavy atom. The van der Waals surface area contributed by atoms with Crippen LogP contribution in [0, 0.1) is 6.92 Å². The Bertz CT molecular complexity index is 757. The van der Waals surface area contributed by atoms with E-state index in [-0.39, 0.29) is 5.43 Å². The van der Waals surface area contributed by atoms with Gasteiger partial charge in [0.15, 0.2) is 5.43 Å². The number of likely N-dealkylation sites (N-methyl/N-ethyl adjacent to an activating group) is 1. The molecule has 0 saturated carbocycles. The minimum atomic E-state index is 0.166. The maximum atomic E-state index is 13.0. The number of hydrogen-bond acceptors (Lipinski definition) is 4. The minimum Gasteiger partial charge on any atom is -0.378 e. The molecule has 2 aromatic rings. The third-order valence-electron chi connectivity index (χ3n) is 4.79. The highest BCUT2D eigenvalue weighted by molar-refractivity contribution is 5.83. The lowest BCUT2D eigenvalue weighted by molar-refractivity contribution is 0.147. The van der Waals surface area contributed by atoms with Crippen molar-refractivity contribution in [2.75, 3.05) is 52.2 Å². The molecule has 0 spiro atoms. The SMILES string of the molecule is Cc1[nH]c2ccc(N(C)C)cc2c(=O)c1CN1CCN(C)CC1. The lowest BCUT2D eigenvalue weighted by atomic mass is 10.1. The first-order chi connectivity index (χ1) is 11.0. The number of nitrogens with one attached hydrogen (secondary N) is 1. The number of nitrogens with zero attached hydrogens (tertiary/aromatic N) is 3. The molecule has 1 saturated heterocycles. The summed E-state index contributed by atoms with van der Waals surface area (Å²) in [6, 6.07) is 6.03. The van der Waals surface area contributed by atoms with Gasteiger partial charge in [0.2, 0.25) is 0 Å². The number of hydrogen-bond donors (Lipinski definition) is 1. The zero-order valence-electron chi connectivity index (χ0n) is 14.5. The van der Waals surface area contributed by atoms with Gasteiger partial charge in [-0.3, -0.25) is 9.69 Å². The average molecular weight is 314 g/mol. The highest BCUT2D eigenvalue weighted by Gasteiger charge is 2.17. The van der Waals surface area contributed by atoms with E-state index in [9.17, 15) is 4.79 Å². The van der Waals surface area contributed by atoms with Crippen LogP contribution in [0.4, 0.5) is 5.69 Å². The van der Waals surface area contributed by atoms with Gasteiger partial charge in [-0.25, -0.2) is 0 Å². The molecular formula is C18H26N4O. The summed E-state index contributed by atoms with van der Waals surface area (Å²) >= 11 is 0. The maximum absolute atomic E-state index is 13.0. The zero-order valence-corrected chi connectivity index (χ0v) is 14.5. The molecule has 5 heteroatoms. The number of aromatic nitrogens is 1. The van der Waals surface area contributed by atoms with E-state index in [1.165, 1.54) is 0 Å². The van der Waals surface area contributed by atoms with E-state index in [4.69, 9.17) is 0 Å². The third kappa shape index (κ3) is 3.26. The molecule has 1 aliphatic rings. The average Bonchev–Trinajstić information content (AvgIpc) is 2.53. The number of H-pyrrole nitrogens is 1. The number of pyridine rings is 1. The molecule has 1 aliphatic heterocycles. The third-order valence-corrected chi connectivity index (χ3v) is 4.79. The van der Waals surface area contributed by atoms with Gasteiger partial charge in [0, 0.05) is 74.7 Å². The van der Waals surface area contributed by atoms with Crippen molar-refractivity contribution in [3.05, 3.63) is 39.7 Å². The summed E-state index contributed by atoms with van der Waals surface area (Å²) in [5.74, 6) is 0. The molecule has 0 amide bonds. The van der Waals surface area contributed by atoms with E-state index in [0.717, 1.165) is 60.6 Å². The van der Waals surface area contributed by atoms with Gasteiger partial charge in [0.25, 0.3) is 0 Å². The number of piperazine rings is 1. The van der Waals surface area contributed by atoms with Gasteiger partial charge in [0.05, 0.1) is 0 Å². The van der Waals surface area contributed by atoms with E-state index < -0.39 is 0 Å². The van der Waals surface area contributed by atoms with Crippen LogP contribution < -0.4 is 10.3 Å². The summed E-state index contributed by atoms with van der Waals surface area (Å²) in [6.07, 6.45) is 0. The molecule has 0 radical (unpaired) electrons. The second kappa shape index (κ2) is 6.34. The van der Waals surface area contributed by atoms with Crippen LogP contribution in [-0.2, 0) is 6.54 Å². The summed E-state index contributed by atoms with van der Waals surface area (Å²) in [7, 11) is 6.14. The fraction of sp³-hybridized carbons (Fsp3) is 0.500. The molecule has 1 aromatic heterocycles. The van der Waals surface area contributed by atoms with Crippen LogP contribution in [0.25, 0.3) is 10.9 Å². The fourth-order valence-corrected chi connectivity index (χ4v) is 3.14. The minimum absolute atomic E-state index is 0.166. The number of rotatable bonds is 3. The van der Waals surface area contributed by atoms with Gasteiger partial charge >= 0.3 is 0 Å². The lowest BCUT2D eigenvalue weighted by Gasteiger charge is -2.32. The van der Waals surface area contributed by atoms with Crippen LogP contribution in [0.3, 0.4) is 0 Å². The predicted molar refractivity (Wildman–Crippen MR) is 96.4 cm³/mol. The summed E-state index contributed by atoms with van der Waals surface area (Å²) < 4.78 is 0. The molecule has 0 atom stereocenters. The quantitative estimate of drug-likeness (QED) is 0.935. The van der Waals surface area contributed by atoms with Crippen LogP contribution in [0.5, 0.6) is 0 Å². The number of fused-ring (bicyclic) bond motifs is 1. The van der Waals surface area contributed by atoms with Crippen molar-refractivity contribution >= 4 is 16.6 Å². The largest absolute Gasteiger partial charge is 0.378 e. The predicted octanol–water partition coefficient (Wildman–Crippen LogP) is 1.65. The Balaban J connectivity index is 1.98. The van der Waals surface area contributed by atoms with Gasteiger partial charge in [-0.2, -0.15) is 0 Å². The maximum Gasteiger partial charge on any atom is 0.194 e. The second-order valence-electron chi connectivity index (χ2n) is 6.76. The second-order valence-corrected chi connectivity index (χ2v) is 6.76. The van der Waals surface area contributed by atoms with E-state index in [2.05, 4.69) is 21.8 Å². The topological polar surface area (TPSA) is 42.6 Å². The first-order valence-corrected chi connectivity index (χ1v) is 8.19. The Labute approximate surface area is 137 Å². The molecule has 1 aromatic carbocycles. The molecule has 5 nitrogen and oxygen atoms in total. The Morgan fingerprint density at radius 1 is 1.17 bits per heavy atom. The number of aryl methyl sites for hydroxylation is 1. The Kier molecular flexibility index (Phi) is 4.41. The van der Waals surface area contributed by atoms with Crippen molar-refractivity contribution in [3.63, 3.8) is 0 Å². The van der Waals surface area contributed by atoms with Crippen molar-refractivity contribution in [1.82, 2.24) is 14.8 Å². The van der Waals surface area contributed by atoms with Crippen LogP contribution >= 0.6 is 0 Å². The van der Waals surface area contributed by atoms with Crippen LogP contribution in [0.15, 0.2) is 23.0 Å². The van der Waals surface area contributed by atoms with Crippen LogP contribution in [-0.4, -0.2) is 62.1 Å². The molecular weight excluding hydrogens is 288 g/mol. The smallest absolute Gasteiger partial charge is 0.194 e. The lowest BCUT2D eigenvalue weighted by Crippen LogP contribution is -2.44. The molecule has 23 heavy (non-hydrogen) atoms. The molecule has 0 aliphatic carbocycles. The Morgan fingerprint density at radius 3 is 2.52 bits per heavy atom. The molecule has 124 valence electrons. The highest BCUT2D eigenvalue weighted by Crippen LogP contribution is 2.19. The van der Waals surface area contributed by atoms with Crippen molar-refractivity contribution in [2.24, 2.45) is 0 Å². The monoisotopic (exact) mass is 314 g/mol. The number of benzene rings is 1. The standard InChI is InChI=1S/C18H26N4O/c1-13-16(12-22-9-7-21(4)8-10-22)18(23)15-11-14(20(2)3)5-6-17(15)19-13/h5-6,11H,7-10,12H2,1-4H3,(H,19,23). The van der Waals surface area contributed by atoms with Gasteiger partial charge in [-0.15, -0.1) is 0 Å². The van der Waals surface area contributed by atoms with Crippen molar-refractivity contribution in [1.29, 1.82) is 0 Å². The summed E-state index contributed by atoms with van der Waals surface area (Å²) in [5.41, 5.74) is 4.02. The highest BCUT2D eigenvalue weighted by atomic mass is 16.1. The van der Waals surface area contributed by atoms with Crippen LogP contribution in [0.1, 0.15) is 11.3 Å². The van der Waals surface area contributed by atoms with E-state index in [1.807, 2.05) is 44.1 Å². The first kappa shape index (κ1) is 16.0. The van der Waals surface area contributed by atoms with Gasteiger partial charge in [-0.1, -0.05) is 0 Å². The van der Waals surface area contributed by atoms with E-state index in [1.54, 1.807) is 0 Å². The van der Waals surface area contributed by atoms with Crippen molar-refractivity contribution in [2.45, 2.75) is 13.5 Å². The normalized spacial score (nSPS) is 16.9. The first-order valence-electron chi connectivity index (χ1n) is 8.19.